The molecule has 0 aromatic heterocycles. The molecule has 0 aliphatic carbocycles. The van der Waals surface area contributed by atoms with Crippen molar-refractivity contribution in [2.24, 2.45) is 11.5 Å². The van der Waals surface area contributed by atoms with Crippen LogP contribution < -0.4 is 16.8 Å². The zero-order valence-electron chi connectivity index (χ0n) is 9.57. The second-order valence-electron chi connectivity index (χ2n) is 2.91. The Bertz CT molecular complexity index is 327. The fourth-order valence-corrected chi connectivity index (χ4v) is 1.51. The van der Waals surface area contributed by atoms with Gasteiger partial charge in [0.25, 0.3) is 0 Å². The van der Waals surface area contributed by atoms with Gasteiger partial charge in [-0.1, -0.05) is 31.4 Å². The van der Waals surface area contributed by atoms with E-state index >= 15 is 0 Å². The first-order valence-electron chi connectivity index (χ1n) is 4.81. The molecule has 0 bridgehead atoms. The molecule has 0 heterocycles. The van der Waals surface area contributed by atoms with Gasteiger partial charge in [0.1, 0.15) is 0 Å². The number of allylic oxidation sites excluding steroid dienone is 5. The van der Waals surface area contributed by atoms with Crippen LogP contribution in [0.3, 0.4) is 0 Å². The van der Waals surface area contributed by atoms with Crippen LogP contribution >= 0.6 is 11.8 Å². The van der Waals surface area contributed by atoms with Crippen LogP contribution in [0.4, 0.5) is 0 Å². The molecule has 0 spiro atoms. The molecule has 88 valence electrons. The Morgan fingerprint density at radius 1 is 1.25 bits per heavy atom. The number of nitrogens with one attached hydrogen (secondary N) is 1. The van der Waals surface area contributed by atoms with Crippen LogP contribution in [0, 0.1) is 0 Å². The van der Waals surface area contributed by atoms with E-state index in [0.717, 1.165) is 11.3 Å². The first-order valence-corrected chi connectivity index (χ1v) is 5.80. The lowest BCUT2D eigenvalue weighted by Crippen LogP contribution is -2.13. The van der Waals surface area contributed by atoms with Crippen molar-refractivity contribution in [3.05, 3.63) is 60.0 Å². The minimum atomic E-state index is 0.578. The topological polar surface area (TPSA) is 64.1 Å². The number of hydrogen-bond donors (Lipinski definition) is 3. The summed E-state index contributed by atoms with van der Waals surface area (Å²) in [5.41, 5.74) is 12.4. The summed E-state index contributed by atoms with van der Waals surface area (Å²) in [7, 11) is 1.76. The molecule has 4 heteroatoms. The van der Waals surface area contributed by atoms with Gasteiger partial charge >= 0.3 is 0 Å². The lowest BCUT2D eigenvalue weighted by Gasteiger charge is -2.02. The summed E-state index contributed by atoms with van der Waals surface area (Å²) in [5, 5.41) is 3.51. The Morgan fingerprint density at radius 3 is 2.44 bits per heavy atom. The lowest BCUT2D eigenvalue weighted by atomic mass is 10.3. The molecule has 0 unspecified atom stereocenters. The Balaban J connectivity index is 4.25. The molecule has 0 aromatic carbocycles. The summed E-state index contributed by atoms with van der Waals surface area (Å²) in [4.78, 5) is 0. The normalized spacial score (nSPS) is 13.4. The number of hydrogen-bond acceptors (Lipinski definition) is 4. The molecule has 0 saturated heterocycles. The van der Waals surface area contributed by atoms with E-state index in [4.69, 9.17) is 11.5 Å². The molecule has 0 radical (unpaired) electrons. The predicted octanol–water partition coefficient (Wildman–Crippen LogP) is 1.84. The quantitative estimate of drug-likeness (QED) is 0.591. The molecule has 0 atom stereocenters. The molecular formula is C12H19N3S. The molecule has 0 aromatic rings. The largest absolute Gasteiger partial charge is 0.394 e. The van der Waals surface area contributed by atoms with Crippen LogP contribution in [0.1, 0.15) is 0 Å². The first kappa shape index (κ1) is 14.5. The zero-order valence-corrected chi connectivity index (χ0v) is 10.4. The van der Waals surface area contributed by atoms with Crippen molar-refractivity contribution in [3.8, 4) is 0 Å². The van der Waals surface area contributed by atoms with E-state index in [1.54, 1.807) is 31.4 Å². The Kier molecular flexibility index (Phi) is 7.89. The fourth-order valence-electron chi connectivity index (χ4n) is 0.796. The monoisotopic (exact) mass is 237 g/mol. The second-order valence-corrected chi connectivity index (χ2v) is 3.96. The molecule has 0 saturated carbocycles. The second kappa shape index (κ2) is 8.73. The van der Waals surface area contributed by atoms with Crippen LogP contribution in [-0.4, -0.2) is 12.8 Å². The maximum Gasteiger partial charge on any atom is 0.0958 e. The molecule has 16 heavy (non-hydrogen) atoms. The Morgan fingerprint density at radius 2 is 1.94 bits per heavy atom. The van der Waals surface area contributed by atoms with Crippen molar-refractivity contribution >= 4 is 11.8 Å². The fraction of sp³-hybridized carbons (Fsp3) is 0.167. The Hall–Kier alpha value is -1.55. The third kappa shape index (κ3) is 6.84. The third-order valence-electron chi connectivity index (χ3n) is 1.72. The van der Waals surface area contributed by atoms with Gasteiger partial charge in [0, 0.05) is 12.8 Å². The predicted molar refractivity (Wildman–Crippen MR) is 74.5 cm³/mol. The van der Waals surface area contributed by atoms with Crippen molar-refractivity contribution in [1.82, 2.24) is 5.32 Å². The molecule has 0 aliphatic rings. The molecule has 0 aliphatic heterocycles. The first-order chi connectivity index (χ1) is 7.63. The highest BCUT2D eigenvalue weighted by Crippen LogP contribution is 2.14. The summed E-state index contributed by atoms with van der Waals surface area (Å²) in [5.74, 6) is 1.35. The molecule has 0 amide bonds. The number of rotatable bonds is 7. The molecule has 0 fully saturated rings. The summed E-state index contributed by atoms with van der Waals surface area (Å²) < 4.78 is 0. The highest BCUT2D eigenvalue weighted by atomic mass is 32.2. The van der Waals surface area contributed by atoms with E-state index in [1.807, 2.05) is 6.08 Å². The average molecular weight is 237 g/mol. The van der Waals surface area contributed by atoms with Gasteiger partial charge in [0.15, 0.2) is 0 Å². The standard InChI is InChI=1S/C12H19N3S/c1-4-6-10(5-2)9-16-12(14)8-7-11(13)15-3/h4-8,15H,1-2,9,13-14H2,3H3/b10-6+,11-7+,12-8+. The Labute approximate surface area is 102 Å². The van der Waals surface area contributed by atoms with Crippen molar-refractivity contribution in [2.75, 3.05) is 12.8 Å². The SMILES string of the molecule is C=C/C=C(\C=C)CS/C(N)=C/C=C(\N)NC. The summed E-state index contributed by atoms with van der Waals surface area (Å²) in [6.07, 6.45) is 8.93. The lowest BCUT2D eigenvalue weighted by molar-refractivity contribution is 0.965. The smallest absolute Gasteiger partial charge is 0.0958 e. The van der Waals surface area contributed by atoms with Gasteiger partial charge in [-0.25, -0.2) is 0 Å². The van der Waals surface area contributed by atoms with Gasteiger partial charge in [-0.15, -0.1) is 11.8 Å². The number of nitrogens with two attached hydrogens (primary N) is 2. The zero-order chi connectivity index (χ0) is 12.4. The third-order valence-corrected chi connectivity index (χ3v) is 2.66. The van der Waals surface area contributed by atoms with Crippen LogP contribution in [0.5, 0.6) is 0 Å². The minimum absolute atomic E-state index is 0.578. The summed E-state index contributed by atoms with van der Waals surface area (Å²) in [6, 6.07) is 0. The van der Waals surface area contributed by atoms with Crippen molar-refractivity contribution in [2.45, 2.75) is 0 Å². The molecule has 3 nitrogen and oxygen atoms in total. The van der Waals surface area contributed by atoms with Crippen LogP contribution in [-0.2, 0) is 0 Å². The van der Waals surface area contributed by atoms with Crippen LogP contribution in [0.15, 0.2) is 60.0 Å². The molecule has 0 rings (SSSR count). The van der Waals surface area contributed by atoms with Gasteiger partial charge in [-0.05, 0) is 17.7 Å². The maximum atomic E-state index is 5.78. The van der Waals surface area contributed by atoms with Gasteiger partial charge in [-0.2, -0.15) is 0 Å². The van der Waals surface area contributed by atoms with Gasteiger partial charge < -0.3 is 16.8 Å². The van der Waals surface area contributed by atoms with E-state index in [1.165, 1.54) is 11.8 Å². The van der Waals surface area contributed by atoms with Crippen molar-refractivity contribution < 1.29 is 0 Å². The van der Waals surface area contributed by atoms with Crippen molar-refractivity contribution in [3.63, 3.8) is 0 Å². The van der Waals surface area contributed by atoms with E-state index in [-0.39, 0.29) is 0 Å². The maximum absolute atomic E-state index is 5.78. The minimum Gasteiger partial charge on any atom is -0.394 e. The number of thioether (sulfide) groups is 1. The van der Waals surface area contributed by atoms with Crippen molar-refractivity contribution in [1.29, 1.82) is 0 Å². The van der Waals surface area contributed by atoms with Gasteiger partial charge in [0.05, 0.1) is 10.9 Å². The summed E-state index contributed by atoms with van der Waals surface area (Å²) in [6.45, 7) is 7.35. The van der Waals surface area contributed by atoms with Crippen LogP contribution in [0.2, 0.25) is 0 Å². The van der Waals surface area contributed by atoms with Gasteiger partial charge in [-0.3, -0.25) is 0 Å². The highest BCUT2D eigenvalue weighted by Gasteiger charge is 1.94. The van der Waals surface area contributed by atoms with Gasteiger partial charge in [0.2, 0.25) is 0 Å². The molecular weight excluding hydrogens is 218 g/mol. The highest BCUT2D eigenvalue weighted by molar-refractivity contribution is 8.03. The van der Waals surface area contributed by atoms with E-state index in [0.29, 0.717) is 10.9 Å². The molecule has 5 N–H and O–H groups in total. The van der Waals surface area contributed by atoms with E-state index in [9.17, 15) is 0 Å². The summed E-state index contributed by atoms with van der Waals surface area (Å²) >= 11 is 1.53. The average Bonchev–Trinajstić information content (AvgIpc) is 2.31. The van der Waals surface area contributed by atoms with Crippen LogP contribution in [0.25, 0.3) is 0 Å². The van der Waals surface area contributed by atoms with E-state index < -0.39 is 0 Å². The van der Waals surface area contributed by atoms with E-state index in [2.05, 4.69) is 18.5 Å².